The number of halogens is 4. The number of rotatable bonds is 8. The van der Waals surface area contributed by atoms with Crippen LogP contribution >= 0.6 is 89.8 Å². The molecular formula is C24H39Br3ClN9O3S3. The molecule has 4 N–H and O–H groups in total. The summed E-state index contributed by atoms with van der Waals surface area (Å²) in [5.74, 6) is 0.102. The molecular weight excluding hydrogens is 834 g/mol. The average molecular weight is 873 g/mol. The van der Waals surface area contributed by atoms with E-state index in [1.54, 1.807) is 0 Å². The van der Waals surface area contributed by atoms with Crippen LogP contribution < -0.4 is 21.3 Å². The van der Waals surface area contributed by atoms with Gasteiger partial charge in [0.2, 0.25) is 17.7 Å². The molecule has 0 aliphatic rings. The molecule has 244 valence electrons. The van der Waals surface area contributed by atoms with Crippen molar-refractivity contribution in [3.05, 3.63) is 31.6 Å². The third-order valence-electron chi connectivity index (χ3n) is 3.68. The van der Waals surface area contributed by atoms with E-state index >= 15 is 0 Å². The maximum absolute atomic E-state index is 10.8. The van der Waals surface area contributed by atoms with Crippen molar-refractivity contribution in [2.45, 2.75) is 39.7 Å². The molecule has 0 radical (unpaired) electrons. The maximum atomic E-state index is 10.8. The summed E-state index contributed by atoms with van der Waals surface area (Å²) in [4.78, 5) is 48.6. The van der Waals surface area contributed by atoms with E-state index < -0.39 is 0 Å². The Kier molecular flexibility index (Phi) is 26.8. The number of carbonyl (C=O) groups is 3. The van der Waals surface area contributed by atoms with Crippen molar-refractivity contribution in [2.24, 2.45) is 0 Å². The summed E-state index contributed by atoms with van der Waals surface area (Å²) in [7, 11) is 11.7. The fourth-order valence-electron chi connectivity index (χ4n) is 2.42. The van der Waals surface area contributed by atoms with E-state index in [0.717, 1.165) is 34.0 Å². The molecule has 0 saturated heterocycles. The van der Waals surface area contributed by atoms with E-state index in [9.17, 15) is 14.4 Å². The van der Waals surface area contributed by atoms with Gasteiger partial charge in [0.1, 0.15) is 0 Å². The van der Waals surface area contributed by atoms with Crippen LogP contribution in [0.5, 0.6) is 0 Å². The summed E-state index contributed by atoms with van der Waals surface area (Å²) >= 11 is 18.7. The van der Waals surface area contributed by atoms with Crippen molar-refractivity contribution in [1.29, 1.82) is 0 Å². The number of thiazole rings is 3. The van der Waals surface area contributed by atoms with Gasteiger partial charge in [0.05, 0.1) is 26.7 Å². The van der Waals surface area contributed by atoms with Crippen molar-refractivity contribution in [1.82, 2.24) is 30.1 Å². The van der Waals surface area contributed by atoms with Crippen LogP contribution in [0.3, 0.4) is 0 Å². The Bertz CT molecular complexity index is 1210. The standard InChI is InChI=1S/C8H12BrN3OS.C8H13N3OS.C6H7ClN2OS.C2H7N.Br2/c1-5(13)10-8-11-6(4-12(2)3)7(9)14-8;1-6(12)9-8-10-7(5-13-8)4-11(2)3;1-4(10)8-6-9-5(2-7)3-11-6;1-3-2;1-2/h4H2,1-3H3,(H,10,11,13);5H,4H2,1-3H3,(H,9,10,12);3H,2H2,1H3,(H,8,9,10);3H,1-2H3;. The van der Waals surface area contributed by atoms with E-state index in [0.29, 0.717) is 21.3 Å². The Morgan fingerprint density at radius 3 is 1.53 bits per heavy atom. The van der Waals surface area contributed by atoms with Crippen LogP contribution in [0.15, 0.2) is 14.5 Å². The molecule has 3 aromatic heterocycles. The highest BCUT2D eigenvalue weighted by atomic mass is 80.9. The maximum Gasteiger partial charge on any atom is 0.223 e. The second kappa shape index (κ2) is 26.2. The highest BCUT2D eigenvalue weighted by Gasteiger charge is 2.10. The molecule has 3 rings (SSSR count). The van der Waals surface area contributed by atoms with Crippen molar-refractivity contribution in [3.8, 4) is 0 Å². The third kappa shape index (κ3) is 23.9. The minimum atomic E-state index is -0.111. The van der Waals surface area contributed by atoms with Gasteiger partial charge in [0, 0.05) is 72.9 Å². The first-order valence-corrected chi connectivity index (χ1v) is 19.8. The lowest BCUT2D eigenvalue weighted by molar-refractivity contribution is -0.115. The summed E-state index contributed by atoms with van der Waals surface area (Å²) in [5, 5.41) is 16.3. The molecule has 0 saturated carbocycles. The number of carbonyl (C=O) groups excluding carboxylic acids is 3. The second-order valence-corrected chi connectivity index (χ2v) is 13.0. The summed E-state index contributed by atoms with van der Waals surface area (Å²) in [5.41, 5.74) is 2.72. The zero-order valence-corrected chi connectivity index (χ0v) is 33.4. The number of amides is 3. The molecule has 43 heavy (non-hydrogen) atoms. The summed E-state index contributed by atoms with van der Waals surface area (Å²) < 4.78 is 0.968. The van der Waals surface area contributed by atoms with Crippen molar-refractivity contribution in [2.75, 3.05) is 58.2 Å². The lowest BCUT2D eigenvalue weighted by Crippen LogP contribution is -2.11. The minimum Gasteiger partial charge on any atom is -0.323 e. The quantitative estimate of drug-likeness (QED) is 0.188. The molecule has 3 amide bonds. The van der Waals surface area contributed by atoms with Gasteiger partial charge in [-0.2, -0.15) is 0 Å². The van der Waals surface area contributed by atoms with Crippen LogP contribution in [0, 0.1) is 0 Å². The highest BCUT2D eigenvalue weighted by Crippen LogP contribution is 2.29. The fourth-order valence-corrected chi connectivity index (χ4v) is 5.58. The number of hydrogen-bond acceptors (Lipinski definition) is 12. The van der Waals surface area contributed by atoms with Gasteiger partial charge in [-0.25, -0.2) is 15.0 Å². The number of alkyl halides is 1. The van der Waals surface area contributed by atoms with Crippen molar-refractivity contribution < 1.29 is 14.4 Å². The molecule has 0 unspecified atom stereocenters. The van der Waals surface area contributed by atoms with Gasteiger partial charge >= 0.3 is 0 Å². The summed E-state index contributed by atoms with van der Waals surface area (Å²) in [6.45, 7) is 5.96. The Balaban J connectivity index is 0. The topological polar surface area (TPSA) is 144 Å². The van der Waals surface area contributed by atoms with E-state index in [-0.39, 0.29) is 17.7 Å². The van der Waals surface area contributed by atoms with Gasteiger partial charge in [-0.15, -0.1) is 34.3 Å². The first-order chi connectivity index (χ1) is 20.2. The zero-order valence-electron chi connectivity index (χ0n) is 25.5. The molecule has 3 aromatic rings. The molecule has 19 heteroatoms. The van der Waals surface area contributed by atoms with E-state index in [1.807, 2.05) is 62.8 Å². The number of nitrogens with zero attached hydrogens (tertiary/aromatic N) is 5. The Labute approximate surface area is 294 Å². The van der Waals surface area contributed by atoms with E-state index in [2.05, 4.69) is 80.4 Å². The van der Waals surface area contributed by atoms with Gasteiger partial charge in [-0.3, -0.25) is 14.4 Å². The smallest absolute Gasteiger partial charge is 0.223 e. The molecule has 0 aromatic carbocycles. The summed E-state index contributed by atoms with van der Waals surface area (Å²) in [6, 6.07) is 0. The molecule has 0 aliphatic heterocycles. The van der Waals surface area contributed by atoms with Crippen LogP contribution in [0.25, 0.3) is 0 Å². The van der Waals surface area contributed by atoms with Crippen LogP contribution in [0.2, 0.25) is 0 Å². The monoisotopic (exact) mass is 869 g/mol. The third-order valence-corrected chi connectivity index (χ3v) is 7.31. The lowest BCUT2D eigenvalue weighted by atomic mass is 10.5. The molecule has 3 heterocycles. The van der Waals surface area contributed by atoms with Crippen LogP contribution in [0.1, 0.15) is 37.9 Å². The SMILES string of the molecule is BrBr.CC(=O)Nc1nc(CCl)cs1.CC(=O)Nc1nc(CN(C)C)c(Br)s1.CC(=O)Nc1nc(CN(C)C)cs1.CNC. The van der Waals surface area contributed by atoms with Crippen LogP contribution in [-0.2, 0) is 33.4 Å². The predicted octanol–water partition coefficient (Wildman–Crippen LogP) is 6.46. The number of nitrogens with one attached hydrogen (secondary N) is 4. The van der Waals surface area contributed by atoms with Crippen LogP contribution in [-0.4, -0.2) is 84.8 Å². The predicted molar refractivity (Wildman–Crippen MR) is 194 cm³/mol. The Morgan fingerprint density at radius 2 is 1.16 bits per heavy atom. The fraction of sp³-hybridized carbons (Fsp3) is 0.500. The van der Waals surface area contributed by atoms with Crippen LogP contribution in [0.4, 0.5) is 15.4 Å². The van der Waals surface area contributed by atoms with Crippen molar-refractivity contribution in [3.63, 3.8) is 0 Å². The van der Waals surface area contributed by atoms with Gasteiger partial charge in [-0.05, 0) is 58.2 Å². The van der Waals surface area contributed by atoms with Crippen molar-refractivity contribution >= 4 is 123 Å². The molecule has 12 nitrogen and oxygen atoms in total. The van der Waals surface area contributed by atoms with Gasteiger partial charge in [0.15, 0.2) is 15.4 Å². The second-order valence-electron chi connectivity index (χ2n) is 8.68. The largest absolute Gasteiger partial charge is 0.323 e. The number of anilines is 3. The molecule has 0 spiro atoms. The lowest BCUT2D eigenvalue weighted by Gasteiger charge is -2.06. The minimum absolute atomic E-state index is 0.0780. The average Bonchev–Trinajstić information content (AvgIpc) is 3.61. The molecule has 0 fully saturated rings. The molecule has 0 bridgehead atoms. The molecule has 0 atom stereocenters. The number of hydrogen-bond donors (Lipinski definition) is 4. The Morgan fingerprint density at radius 1 is 0.767 bits per heavy atom. The first kappa shape index (κ1) is 44.0. The van der Waals surface area contributed by atoms with Gasteiger partial charge < -0.3 is 31.1 Å². The van der Waals surface area contributed by atoms with Gasteiger partial charge in [0.25, 0.3) is 0 Å². The normalized spacial score (nSPS) is 9.65. The van der Waals surface area contributed by atoms with Gasteiger partial charge in [-0.1, -0.05) is 11.3 Å². The summed E-state index contributed by atoms with van der Waals surface area (Å²) in [6.07, 6.45) is 0. The highest BCUT2D eigenvalue weighted by molar-refractivity contribution is 9.93. The molecule has 0 aliphatic carbocycles. The Hall–Kier alpha value is -1.09. The van der Waals surface area contributed by atoms with E-state index in [4.69, 9.17) is 11.6 Å². The number of aromatic nitrogens is 3. The zero-order chi connectivity index (χ0) is 33.5. The van der Waals surface area contributed by atoms with E-state index in [1.165, 1.54) is 54.8 Å². The first-order valence-electron chi connectivity index (χ1n) is 12.2.